The summed E-state index contributed by atoms with van der Waals surface area (Å²) in [4.78, 5) is 20.1. The fourth-order valence-electron chi connectivity index (χ4n) is 4.63. The fraction of sp³-hybridized carbons (Fsp3) is 0.333. The monoisotopic (exact) mass is 438 g/mol. The van der Waals surface area contributed by atoms with Gasteiger partial charge >= 0.3 is 0 Å². The number of benzene rings is 2. The largest absolute Gasteiger partial charge is 0.365 e. The quantitative estimate of drug-likeness (QED) is 0.571. The van der Waals surface area contributed by atoms with Crippen molar-refractivity contribution in [3.63, 3.8) is 0 Å². The number of amidine groups is 1. The van der Waals surface area contributed by atoms with E-state index in [9.17, 15) is 4.79 Å². The number of carbonyl (C=O) groups excluding carboxylic acids is 1. The molecule has 0 atom stereocenters. The number of hydrogen-bond donors (Lipinski definition) is 0. The highest BCUT2D eigenvalue weighted by Crippen LogP contribution is 2.45. The van der Waals surface area contributed by atoms with E-state index >= 15 is 0 Å². The number of amides is 1. The first-order valence-electron chi connectivity index (χ1n) is 10.4. The summed E-state index contributed by atoms with van der Waals surface area (Å²) >= 11 is 7.53. The van der Waals surface area contributed by atoms with Gasteiger partial charge in [-0.15, -0.1) is 0 Å². The molecule has 6 heteroatoms. The summed E-state index contributed by atoms with van der Waals surface area (Å²) < 4.78 is 6.27. The minimum atomic E-state index is -0.183. The molecule has 0 aromatic heterocycles. The Kier molecular flexibility index (Phi) is 5.21. The highest BCUT2D eigenvalue weighted by atomic mass is 35.5. The zero-order valence-electron chi connectivity index (χ0n) is 16.9. The molecule has 1 amide bonds. The molecule has 154 valence electrons. The normalized spacial score (nSPS) is 21.7. The number of halogens is 1. The van der Waals surface area contributed by atoms with Crippen LogP contribution in [0.3, 0.4) is 0 Å². The number of thioether (sulfide) groups is 1. The Balaban J connectivity index is 1.33. The number of fused-ring (bicyclic) bond motifs is 2. The van der Waals surface area contributed by atoms with Gasteiger partial charge in [-0.3, -0.25) is 4.79 Å². The lowest BCUT2D eigenvalue weighted by atomic mass is 9.84. The molecule has 1 spiro atoms. The SMILES string of the molecule is CC/C(=C1/SC(N2CCC3(CC2)OCc2ccccc23)=NC1=O)c1ccc(Cl)cc1. The first kappa shape index (κ1) is 19.9. The number of hydrogen-bond acceptors (Lipinski definition) is 4. The van der Waals surface area contributed by atoms with Crippen molar-refractivity contribution in [2.45, 2.75) is 38.4 Å². The van der Waals surface area contributed by atoms with Crippen LogP contribution in [0.25, 0.3) is 5.57 Å². The van der Waals surface area contributed by atoms with Crippen LogP contribution in [-0.4, -0.2) is 29.1 Å². The van der Waals surface area contributed by atoms with Gasteiger partial charge in [-0.05, 0) is 65.4 Å². The molecule has 3 aliphatic heterocycles. The van der Waals surface area contributed by atoms with Crippen LogP contribution in [-0.2, 0) is 21.7 Å². The molecule has 30 heavy (non-hydrogen) atoms. The second-order valence-corrected chi connectivity index (χ2v) is 9.31. The highest BCUT2D eigenvalue weighted by molar-refractivity contribution is 8.18. The van der Waals surface area contributed by atoms with Crippen molar-refractivity contribution in [1.29, 1.82) is 0 Å². The van der Waals surface area contributed by atoms with Gasteiger partial charge in [0.1, 0.15) is 0 Å². The van der Waals surface area contributed by atoms with Crippen molar-refractivity contribution in [3.8, 4) is 0 Å². The second kappa shape index (κ2) is 7.88. The van der Waals surface area contributed by atoms with Gasteiger partial charge in [-0.2, -0.15) is 4.99 Å². The number of ether oxygens (including phenoxy) is 1. The topological polar surface area (TPSA) is 41.9 Å². The molecule has 0 saturated carbocycles. The number of likely N-dealkylation sites (tertiary alicyclic amines) is 1. The van der Waals surface area contributed by atoms with Gasteiger partial charge in [-0.25, -0.2) is 0 Å². The smallest absolute Gasteiger partial charge is 0.286 e. The molecule has 1 fully saturated rings. The Morgan fingerprint density at radius 3 is 2.63 bits per heavy atom. The van der Waals surface area contributed by atoms with E-state index in [1.54, 1.807) is 0 Å². The number of carbonyl (C=O) groups is 1. The summed E-state index contributed by atoms with van der Waals surface area (Å²) in [5.74, 6) is -0.135. The van der Waals surface area contributed by atoms with Gasteiger partial charge in [0, 0.05) is 18.1 Å². The lowest BCUT2D eigenvalue weighted by Gasteiger charge is -2.39. The summed E-state index contributed by atoms with van der Waals surface area (Å²) in [6.07, 6.45) is 2.59. The van der Waals surface area contributed by atoms with E-state index in [0.29, 0.717) is 11.6 Å². The predicted molar refractivity (Wildman–Crippen MR) is 122 cm³/mol. The van der Waals surface area contributed by atoms with Crippen LogP contribution in [0, 0.1) is 0 Å². The standard InChI is InChI=1S/C24H23ClN2O2S/c1-2-19(16-7-9-18(25)10-8-16)21-22(28)26-23(30-21)27-13-11-24(12-14-27)20-6-4-3-5-17(20)15-29-24/h3-10H,2,11-15H2,1H3/b21-19-. The van der Waals surface area contributed by atoms with Crippen LogP contribution in [0.4, 0.5) is 0 Å². The Morgan fingerprint density at radius 1 is 1.17 bits per heavy atom. The first-order chi connectivity index (χ1) is 14.6. The number of allylic oxidation sites excluding steroid dienone is 1. The fourth-order valence-corrected chi connectivity index (χ4v) is 5.89. The van der Waals surface area contributed by atoms with Gasteiger partial charge in [0.25, 0.3) is 5.91 Å². The highest BCUT2D eigenvalue weighted by Gasteiger charge is 2.43. The van der Waals surface area contributed by atoms with Gasteiger partial charge < -0.3 is 9.64 Å². The minimum Gasteiger partial charge on any atom is -0.365 e. The van der Waals surface area contributed by atoms with Crippen LogP contribution in [0.1, 0.15) is 42.9 Å². The number of nitrogens with zero attached hydrogens (tertiary/aromatic N) is 2. The molecule has 0 radical (unpaired) electrons. The van der Waals surface area contributed by atoms with Crippen molar-refractivity contribution in [1.82, 2.24) is 4.90 Å². The average Bonchev–Trinajstić information content (AvgIpc) is 3.32. The maximum atomic E-state index is 12.7. The van der Waals surface area contributed by atoms with Gasteiger partial charge in [0.2, 0.25) is 0 Å². The first-order valence-corrected chi connectivity index (χ1v) is 11.6. The van der Waals surface area contributed by atoms with Crippen molar-refractivity contribution in [2.75, 3.05) is 13.1 Å². The van der Waals surface area contributed by atoms with E-state index < -0.39 is 0 Å². The third-order valence-electron chi connectivity index (χ3n) is 6.26. The zero-order chi connectivity index (χ0) is 20.7. The molecule has 5 rings (SSSR count). The zero-order valence-corrected chi connectivity index (χ0v) is 18.4. The van der Waals surface area contributed by atoms with Gasteiger partial charge in [0.05, 0.1) is 17.1 Å². The molecule has 0 aliphatic carbocycles. The van der Waals surface area contributed by atoms with Crippen molar-refractivity contribution < 1.29 is 9.53 Å². The molecular formula is C24H23ClN2O2S. The van der Waals surface area contributed by atoms with E-state index in [4.69, 9.17) is 16.3 Å². The third kappa shape index (κ3) is 3.39. The molecule has 1 saturated heterocycles. The molecule has 3 heterocycles. The minimum absolute atomic E-state index is 0.135. The molecule has 0 unspecified atom stereocenters. The van der Waals surface area contributed by atoms with Crippen molar-refractivity contribution >= 4 is 40.0 Å². The Morgan fingerprint density at radius 2 is 1.90 bits per heavy atom. The summed E-state index contributed by atoms with van der Waals surface area (Å²) in [5, 5.41) is 1.51. The second-order valence-electron chi connectivity index (χ2n) is 7.90. The molecule has 2 aromatic carbocycles. The molecule has 2 aromatic rings. The summed E-state index contributed by atoms with van der Waals surface area (Å²) in [6, 6.07) is 16.2. The predicted octanol–water partition coefficient (Wildman–Crippen LogP) is 5.61. The van der Waals surface area contributed by atoms with Crippen LogP contribution in [0.15, 0.2) is 58.4 Å². The van der Waals surface area contributed by atoms with Gasteiger partial charge in [-0.1, -0.05) is 54.9 Å². The molecular weight excluding hydrogens is 416 g/mol. The molecule has 3 aliphatic rings. The maximum absolute atomic E-state index is 12.7. The van der Waals surface area contributed by atoms with E-state index in [0.717, 1.165) is 53.6 Å². The van der Waals surface area contributed by atoms with Crippen molar-refractivity contribution in [2.24, 2.45) is 4.99 Å². The van der Waals surface area contributed by atoms with E-state index in [1.807, 2.05) is 24.3 Å². The summed E-state index contributed by atoms with van der Waals surface area (Å²) in [5.41, 5.74) is 4.51. The molecule has 0 bridgehead atoms. The molecule has 0 N–H and O–H groups in total. The number of piperidine rings is 1. The van der Waals surface area contributed by atoms with Gasteiger partial charge in [0.15, 0.2) is 5.17 Å². The van der Waals surface area contributed by atoms with Crippen LogP contribution in [0.5, 0.6) is 0 Å². The number of rotatable bonds is 2. The third-order valence-corrected chi connectivity index (χ3v) is 7.67. The van der Waals surface area contributed by atoms with Crippen LogP contribution >= 0.6 is 23.4 Å². The average molecular weight is 439 g/mol. The van der Waals surface area contributed by atoms with E-state index in [-0.39, 0.29) is 11.5 Å². The lowest BCUT2D eigenvalue weighted by molar-refractivity contribution is -0.113. The van der Waals surface area contributed by atoms with E-state index in [1.165, 1.54) is 22.9 Å². The molecule has 4 nitrogen and oxygen atoms in total. The lowest BCUT2D eigenvalue weighted by Crippen LogP contribution is -2.44. The number of aliphatic imine (C=N–C) groups is 1. The Labute approximate surface area is 186 Å². The summed E-state index contributed by atoms with van der Waals surface area (Å²) in [6.45, 7) is 4.44. The van der Waals surface area contributed by atoms with Crippen LogP contribution in [0.2, 0.25) is 5.02 Å². The maximum Gasteiger partial charge on any atom is 0.286 e. The Bertz CT molecular complexity index is 1050. The van der Waals surface area contributed by atoms with Crippen molar-refractivity contribution in [3.05, 3.63) is 75.1 Å². The van der Waals surface area contributed by atoms with Crippen LogP contribution < -0.4 is 0 Å². The van der Waals surface area contributed by atoms with E-state index in [2.05, 4.69) is 41.1 Å². The summed E-state index contributed by atoms with van der Waals surface area (Å²) in [7, 11) is 0. The Hall–Kier alpha value is -2.08.